The average molecular weight is 243 g/mol. The standard InChI is InChI=1S/C13H13N3O2/c1-8-4-2-6-10(12(8)17)16-13(18)11-9(14)5-3-7-15-11/h2-7,17H,14H2,1H3,(H,16,18). The van der Waals surface area contributed by atoms with E-state index in [0.717, 1.165) is 0 Å². The lowest BCUT2D eigenvalue weighted by Gasteiger charge is -2.09. The number of para-hydroxylation sites is 1. The average Bonchev–Trinajstić information content (AvgIpc) is 2.35. The first-order chi connectivity index (χ1) is 8.59. The van der Waals surface area contributed by atoms with Gasteiger partial charge in [-0.1, -0.05) is 12.1 Å². The highest BCUT2D eigenvalue weighted by Gasteiger charge is 2.13. The molecule has 0 atom stereocenters. The number of hydrogen-bond acceptors (Lipinski definition) is 4. The molecule has 1 aromatic carbocycles. The second-order valence-corrected chi connectivity index (χ2v) is 3.87. The van der Waals surface area contributed by atoms with Gasteiger partial charge in [0.2, 0.25) is 0 Å². The van der Waals surface area contributed by atoms with Crippen molar-refractivity contribution in [3.8, 4) is 5.75 Å². The van der Waals surface area contributed by atoms with E-state index < -0.39 is 5.91 Å². The van der Waals surface area contributed by atoms with Gasteiger partial charge in [0.1, 0.15) is 5.75 Å². The molecular weight excluding hydrogens is 230 g/mol. The largest absolute Gasteiger partial charge is 0.505 e. The third-order valence-corrected chi connectivity index (χ3v) is 2.54. The van der Waals surface area contributed by atoms with E-state index >= 15 is 0 Å². The number of amides is 1. The van der Waals surface area contributed by atoms with Gasteiger partial charge in [-0.25, -0.2) is 4.98 Å². The Bertz CT molecular complexity index is 597. The maximum absolute atomic E-state index is 11.9. The molecule has 0 radical (unpaired) electrons. The maximum Gasteiger partial charge on any atom is 0.276 e. The molecule has 2 rings (SSSR count). The van der Waals surface area contributed by atoms with E-state index in [9.17, 15) is 9.90 Å². The van der Waals surface area contributed by atoms with Gasteiger partial charge in [-0.2, -0.15) is 0 Å². The fourth-order valence-corrected chi connectivity index (χ4v) is 1.55. The van der Waals surface area contributed by atoms with E-state index in [1.54, 1.807) is 37.3 Å². The second kappa shape index (κ2) is 4.75. The number of aromatic hydroxyl groups is 1. The summed E-state index contributed by atoms with van der Waals surface area (Å²) in [6.45, 7) is 1.75. The van der Waals surface area contributed by atoms with E-state index in [0.29, 0.717) is 16.9 Å². The number of nitrogens with two attached hydrogens (primary N) is 1. The number of nitrogen functional groups attached to an aromatic ring is 1. The van der Waals surface area contributed by atoms with Gasteiger partial charge in [-0.05, 0) is 30.7 Å². The van der Waals surface area contributed by atoms with E-state index in [2.05, 4.69) is 10.3 Å². The smallest absolute Gasteiger partial charge is 0.276 e. The van der Waals surface area contributed by atoms with Crippen LogP contribution in [0, 0.1) is 6.92 Å². The van der Waals surface area contributed by atoms with Crippen LogP contribution in [0.5, 0.6) is 5.75 Å². The number of benzene rings is 1. The number of nitrogens with zero attached hydrogens (tertiary/aromatic N) is 1. The van der Waals surface area contributed by atoms with Crippen molar-refractivity contribution < 1.29 is 9.90 Å². The maximum atomic E-state index is 11.9. The van der Waals surface area contributed by atoms with Crippen molar-refractivity contribution in [1.29, 1.82) is 0 Å². The van der Waals surface area contributed by atoms with Crippen molar-refractivity contribution in [3.05, 3.63) is 47.8 Å². The first kappa shape index (κ1) is 11.9. The van der Waals surface area contributed by atoms with Crippen molar-refractivity contribution in [1.82, 2.24) is 4.98 Å². The summed E-state index contributed by atoms with van der Waals surface area (Å²) in [4.78, 5) is 15.8. The molecule has 5 heteroatoms. The molecule has 0 unspecified atom stereocenters. The molecule has 1 amide bonds. The van der Waals surface area contributed by atoms with Gasteiger partial charge in [-0.3, -0.25) is 4.79 Å². The molecule has 0 aliphatic rings. The highest BCUT2D eigenvalue weighted by atomic mass is 16.3. The quantitative estimate of drug-likeness (QED) is 0.703. The number of nitrogens with one attached hydrogen (secondary N) is 1. The first-order valence-electron chi connectivity index (χ1n) is 5.40. The summed E-state index contributed by atoms with van der Waals surface area (Å²) >= 11 is 0. The van der Waals surface area contributed by atoms with Crippen molar-refractivity contribution in [3.63, 3.8) is 0 Å². The summed E-state index contributed by atoms with van der Waals surface area (Å²) in [6.07, 6.45) is 1.49. The number of anilines is 2. The minimum atomic E-state index is -0.450. The lowest BCUT2D eigenvalue weighted by atomic mass is 10.2. The van der Waals surface area contributed by atoms with Gasteiger partial charge in [0.25, 0.3) is 5.91 Å². The summed E-state index contributed by atoms with van der Waals surface area (Å²) in [6, 6.07) is 8.35. The molecule has 92 valence electrons. The van der Waals surface area contributed by atoms with E-state index in [1.807, 2.05) is 0 Å². The third-order valence-electron chi connectivity index (χ3n) is 2.54. The number of carbonyl (C=O) groups excluding carboxylic acids is 1. The lowest BCUT2D eigenvalue weighted by molar-refractivity contribution is 0.102. The number of pyridine rings is 1. The van der Waals surface area contributed by atoms with Crippen LogP contribution in [0.25, 0.3) is 0 Å². The van der Waals surface area contributed by atoms with E-state index in [4.69, 9.17) is 5.73 Å². The summed E-state index contributed by atoms with van der Waals surface area (Å²) in [5, 5.41) is 12.4. The first-order valence-corrected chi connectivity index (χ1v) is 5.40. The van der Waals surface area contributed by atoms with Crippen molar-refractivity contribution in [2.75, 3.05) is 11.1 Å². The normalized spacial score (nSPS) is 10.1. The predicted octanol–water partition coefficient (Wildman–Crippen LogP) is 1.93. The van der Waals surface area contributed by atoms with Crippen molar-refractivity contribution in [2.45, 2.75) is 6.92 Å². The van der Waals surface area contributed by atoms with Crippen LogP contribution in [0.4, 0.5) is 11.4 Å². The monoisotopic (exact) mass is 243 g/mol. The summed E-state index contributed by atoms with van der Waals surface area (Å²) < 4.78 is 0. The molecule has 5 nitrogen and oxygen atoms in total. The van der Waals surface area contributed by atoms with Crippen LogP contribution >= 0.6 is 0 Å². The van der Waals surface area contributed by atoms with Crippen molar-refractivity contribution >= 4 is 17.3 Å². The predicted molar refractivity (Wildman–Crippen MR) is 69.4 cm³/mol. The van der Waals surface area contributed by atoms with E-state index in [1.165, 1.54) is 6.20 Å². The Hall–Kier alpha value is -2.56. The van der Waals surface area contributed by atoms with Gasteiger partial charge in [0, 0.05) is 6.20 Å². The fraction of sp³-hybridized carbons (Fsp3) is 0.0769. The molecule has 18 heavy (non-hydrogen) atoms. The SMILES string of the molecule is Cc1cccc(NC(=O)c2ncccc2N)c1O. The molecule has 0 spiro atoms. The second-order valence-electron chi connectivity index (χ2n) is 3.87. The molecule has 1 heterocycles. The van der Waals surface area contributed by atoms with Gasteiger partial charge in [-0.15, -0.1) is 0 Å². The Balaban J connectivity index is 2.27. The summed E-state index contributed by atoms with van der Waals surface area (Å²) in [5.74, 6) is -0.408. The Morgan fingerprint density at radius 3 is 2.83 bits per heavy atom. The summed E-state index contributed by atoms with van der Waals surface area (Å²) in [5.41, 5.74) is 7.11. The molecule has 0 bridgehead atoms. The van der Waals surface area contributed by atoms with Gasteiger partial charge < -0.3 is 16.2 Å². The number of rotatable bonds is 2. The van der Waals surface area contributed by atoms with Crippen LogP contribution in [0.2, 0.25) is 0 Å². The minimum Gasteiger partial charge on any atom is -0.505 e. The molecule has 0 saturated carbocycles. The van der Waals surface area contributed by atoms with Crippen LogP contribution < -0.4 is 11.1 Å². The number of hydrogen-bond donors (Lipinski definition) is 3. The Kier molecular flexibility index (Phi) is 3.14. The van der Waals surface area contributed by atoms with Crippen LogP contribution in [0.1, 0.15) is 16.1 Å². The zero-order valence-electron chi connectivity index (χ0n) is 9.84. The summed E-state index contributed by atoms with van der Waals surface area (Å²) in [7, 11) is 0. The number of phenols is 1. The number of phenolic OH excluding ortho intramolecular Hbond substituents is 1. The molecule has 1 aromatic heterocycles. The van der Waals surface area contributed by atoms with Crippen LogP contribution in [0.3, 0.4) is 0 Å². The van der Waals surface area contributed by atoms with Crippen LogP contribution in [0.15, 0.2) is 36.5 Å². The Morgan fingerprint density at radius 1 is 1.33 bits per heavy atom. The molecule has 0 aliphatic carbocycles. The zero-order chi connectivity index (χ0) is 13.1. The Morgan fingerprint density at radius 2 is 2.11 bits per heavy atom. The molecule has 0 saturated heterocycles. The van der Waals surface area contributed by atoms with Crippen LogP contribution in [-0.2, 0) is 0 Å². The molecule has 4 N–H and O–H groups in total. The van der Waals surface area contributed by atoms with Gasteiger partial charge in [0.15, 0.2) is 5.69 Å². The highest BCUT2D eigenvalue weighted by molar-refractivity contribution is 6.06. The Labute approximate surface area is 104 Å². The zero-order valence-corrected chi connectivity index (χ0v) is 9.84. The minimum absolute atomic E-state index is 0.0420. The number of aromatic nitrogens is 1. The molecule has 0 aliphatic heterocycles. The molecule has 0 fully saturated rings. The van der Waals surface area contributed by atoms with E-state index in [-0.39, 0.29) is 11.4 Å². The number of carbonyl (C=O) groups is 1. The topological polar surface area (TPSA) is 88.2 Å². The lowest BCUT2D eigenvalue weighted by Crippen LogP contribution is -2.15. The number of aryl methyl sites for hydroxylation is 1. The molecule has 2 aromatic rings. The van der Waals surface area contributed by atoms with Crippen molar-refractivity contribution in [2.24, 2.45) is 0 Å². The highest BCUT2D eigenvalue weighted by Crippen LogP contribution is 2.27. The van der Waals surface area contributed by atoms with Gasteiger partial charge in [0.05, 0.1) is 11.4 Å². The fourth-order valence-electron chi connectivity index (χ4n) is 1.55. The van der Waals surface area contributed by atoms with Crippen LogP contribution in [-0.4, -0.2) is 16.0 Å². The molecular formula is C13H13N3O2. The third kappa shape index (κ3) is 2.24. The van der Waals surface area contributed by atoms with Gasteiger partial charge >= 0.3 is 0 Å².